The molecule has 0 aliphatic rings. The molecule has 0 aliphatic heterocycles. The molecule has 0 bridgehead atoms. The molecule has 4 nitrogen and oxygen atoms in total. The van der Waals surface area contributed by atoms with E-state index in [0.717, 1.165) is 5.56 Å². The lowest BCUT2D eigenvalue weighted by Gasteiger charge is -2.11. The van der Waals surface area contributed by atoms with E-state index in [1.54, 1.807) is 25.3 Å². The Labute approximate surface area is 120 Å². The third kappa shape index (κ3) is 5.87. The second-order valence-corrected chi connectivity index (χ2v) is 4.63. The Bertz CT molecular complexity index is 488. The zero-order valence-corrected chi connectivity index (χ0v) is 12.0. The minimum atomic E-state index is -0.112. The van der Waals surface area contributed by atoms with Gasteiger partial charge in [-0.25, -0.2) is 0 Å². The number of benzene rings is 1. The zero-order valence-electron chi connectivity index (χ0n) is 12.0. The van der Waals surface area contributed by atoms with Gasteiger partial charge in [-0.2, -0.15) is 0 Å². The molecule has 2 N–H and O–H groups in total. The van der Waals surface area contributed by atoms with Crippen molar-refractivity contribution < 1.29 is 14.6 Å². The number of hydrogen-bond acceptors (Lipinski definition) is 3. The van der Waals surface area contributed by atoms with E-state index in [4.69, 9.17) is 9.84 Å². The van der Waals surface area contributed by atoms with Crippen LogP contribution in [0.5, 0.6) is 0 Å². The topological polar surface area (TPSA) is 58.6 Å². The van der Waals surface area contributed by atoms with Crippen molar-refractivity contribution >= 4 is 5.91 Å². The first-order chi connectivity index (χ1) is 9.67. The maximum Gasteiger partial charge on any atom is 0.251 e. The first-order valence-electron chi connectivity index (χ1n) is 6.64. The molecule has 0 radical (unpaired) electrons. The lowest BCUT2D eigenvalue weighted by atomic mass is 10.1. The summed E-state index contributed by atoms with van der Waals surface area (Å²) >= 11 is 0. The molecule has 1 aromatic rings. The number of ether oxygens (including phenoxy) is 1. The van der Waals surface area contributed by atoms with Crippen molar-refractivity contribution in [2.24, 2.45) is 5.92 Å². The van der Waals surface area contributed by atoms with E-state index in [1.165, 1.54) is 0 Å². The van der Waals surface area contributed by atoms with Gasteiger partial charge in [0.2, 0.25) is 0 Å². The van der Waals surface area contributed by atoms with Gasteiger partial charge in [-0.3, -0.25) is 4.79 Å². The van der Waals surface area contributed by atoms with E-state index in [1.807, 2.05) is 13.0 Å². The summed E-state index contributed by atoms with van der Waals surface area (Å²) in [6, 6.07) is 7.15. The number of methoxy groups -OCH3 is 1. The molecule has 4 heteroatoms. The lowest BCUT2D eigenvalue weighted by molar-refractivity contribution is 0.0934. The van der Waals surface area contributed by atoms with Crippen molar-refractivity contribution in [3.8, 4) is 11.8 Å². The van der Waals surface area contributed by atoms with Crippen LogP contribution in [0, 0.1) is 17.8 Å². The molecule has 1 amide bonds. The number of rotatable bonds is 6. The summed E-state index contributed by atoms with van der Waals surface area (Å²) in [4.78, 5) is 12.0. The third-order valence-electron chi connectivity index (χ3n) is 2.66. The molecular formula is C16H21NO3. The van der Waals surface area contributed by atoms with Crippen molar-refractivity contribution in [1.82, 2.24) is 5.32 Å². The summed E-state index contributed by atoms with van der Waals surface area (Å²) in [7, 11) is 1.65. The smallest absolute Gasteiger partial charge is 0.251 e. The summed E-state index contributed by atoms with van der Waals surface area (Å²) < 4.78 is 5.03. The molecule has 1 rings (SSSR count). The first-order valence-corrected chi connectivity index (χ1v) is 6.64. The average Bonchev–Trinajstić information content (AvgIpc) is 2.46. The highest BCUT2D eigenvalue weighted by atomic mass is 16.5. The number of hydrogen-bond donors (Lipinski definition) is 2. The fraction of sp³-hybridized carbons (Fsp3) is 0.438. The Balaban J connectivity index is 2.60. The third-order valence-corrected chi connectivity index (χ3v) is 2.66. The van der Waals surface area contributed by atoms with Gasteiger partial charge in [-0.05, 0) is 24.1 Å². The van der Waals surface area contributed by atoms with Gasteiger partial charge in [-0.15, -0.1) is 0 Å². The number of nitrogens with one attached hydrogen (secondary N) is 1. The van der Waals surface area contributed by atoms with Gasteiger partial charge >= 0.3 is 0 Å². The van der Waals surface area contributed by atoms with Crippen LogP contribution in [0.15, 0.2) is 24.3 Å². The van der Waals surface area contributed by atoms with Crippen LogP contribution in [0.1, 0.15) is 29.3 Å². The molecule has 0 spiro atoms. The Morgan fingerprint density at radius 1 is 1.50 bits per heavy atom. The average molecular weight is 275 g/mol. The molecule has 0 saturated carbocycles. The fourth-order valence-corrected chi connectivity index (χ4v) is 1.67. The minimum Gasteiger partial charge on any atom is -0.395 e. The molecule has 0 heterocycles. The number of amides is 1. The van der Waals surface area contributed by atoms with Crippen molar-refractivity contribution in [2.45, 2.75) is 13.3 Å². The summed E-state index contributed by atoms with van der Waals surface area (Å²) in [5.74, 6) is 5.91. The van der Waals surface area contributed by atoms with Gasteiger partial charge in [0, 0.05) is 31.2 Å². The van der Waals surface area contributed by atoms with Gasteiger partial charge in [0.15, 0.2) is 0 Å². The summed E-state index contributed by atoms with van der Waals surface area (Å²) in [6.07, 6.45) is 0.435. The second kappa shape index (κ2) is 9.13. The second-order valence-electron chi connectivity index (χ2n) is 4.63. The predicted octanol–water partition coefficient (Wildman–Crippen LogP) is 1.43. The van der Waals surface area contributed by atoms with E-state index in [-0.39, 0.29) is 18.4 Å². The SMILES string of the molecule is COCC(C)CNC(=O)c1cccc(C#CCCO)c1. The number of carbonyl (C=O) groups excluding carboxylic acids is 1. The van der Waals surface area contributed by atoms with Crippen LogP contribution in [0.3, 0.4) is 0 Å². The molecule has 1 unspecified atom stereocenters. The van der Waals surface area contributed by atoms with Gasteiger partial charge in [0.1, 0.15) is 0 Å². The molecule has 0 saturated heterocycles. The molecule has 1 atom stereocenters. The van der Waals surface area contributed by atoms with Crippen molar-refractivity contribution in [1.29, 1.82) is 0 Å². The summed E-state index contributed by atoms with van der Waals surface area (Å²) in [6.45, 7) is 3.26. The quantitative estimate of drug-likeness (QED) is 0.772. The largest absolute Gasteiger partial charge is 0.395 e. The van der Waals surface area contributed by atoms with Crippen LogP contribution in [-0.2, 0) is 4.74 Å². The zero-order chi connectivity index (χ0) is 14.8. The Kier molecular flexibility index (Phi) is 7.41. The molecule has 1 aromatic carbocycles. The Morgan fingerprint density at radius 3 is 3.00 bits per heavy atom. The maximum atomic E-state index is 12.0. The highest BCUT2D eigenvalue weighted by Gasteiger charge is 2.07. The number of aliphatic hydroxyl groups is 1. The van der Waals surface area contributed by atoms with Crippen LogP contribution in [0.4, 0.5) is 0 Å². The lowest BCUT2D eigenvalue weighted by Crippen LogP contribution is -2.29. The highest BCUT2D eigenvalue weighted by molar-refractivity contribution is 5.94. The standard InChI is InChI=1S/C16H21NO3/c1-13(12-20-2)11-17-16(19)15-8-5-7-14(10-15)6-3-4-9-18/h5,7-8,10,13,18H,4,9,11-12H2,1-2H3,(H,17,19). The van der Waals surface area contributed by atoms with E-state index >= 15 is 0 Å². The Hall–Kier alpha value is -1.83. The molecule has 20 heavy (non-hydrogen) atoms. The van der Waals surface area contributed by atoms with Gasteiger partial charge in [-0.1, -0.05) is 24.8 Å². The van der Waals surface area contributed by atoms with Gasteiger partial charge < -0.3 is 15.2 Å². The van der Waals surface area contributed by atoms with Crippen molar-refractivity contribution in [2.75, 3.05) is 26.9 Å². The van der Waals surface area contributed by atoms with Crippen LogP contribution < -0.4 is 5.32 Å². The van der Waals surface area contributed by atoms with E-state index in [9.17, 15) is 4.79 Å². The molecule has 0 fully saturated rings. The van der Waals surface area contributed by atoms with Crippen LogP contribution in [0.2, 0.25) is 0 Å². The van der Waals surface area contributed by atoms with Crippen LogP contribution in [0.25, 0.3) is 0 Å². The highest BCUT2D eigenvalue weighted by Crippen LogP contribution is 2.04. The molecule has 0 aliphatic carbocycles. The van der Waals surface area contributed by atoms with Crippen LogP contribution >= 0.6 is 0 Å². The monoisotopic (exact) mass is 275 g/mol. The van der Waals surface area contributed by atoms with E-state index in [2.05, 4.69) is 17.2 Å². The van der Waals surface area contributed by atoms with Crippen molar-refractivity contribution in [3.63, 3.8) is 0 Å². The van der Waals surface area contributed by atoms with E-state index in [0.29, 0.717) is 25.1 Å². The molecular weight excluding hydrogens is 254 g/mol. The van der Waals surface area contributed by atoms with Crippen LogP contribution in [-0.4, -0.2) is 37.9 Å². The van der Waals surface area contributed by atoms with Gasteiger partial charge in [0.05, 0.1) is 13.2 Å². The molecule has 0 aromatic heterocycles. The number of carbonyl (C=O) groups is 1. The summed E-state index contributed by atoms with van der Waals surface area (Å²) in [5.41, 5.74) is 1.36. The predicted molar refractivity (Wildman–Crippen MR) is 78.4 cm³/mol. The maximum absolute atomic E-state index is 12.0. The normalized spacial score (nSPS) is 11.3. The van der Waals surface area contributed by atoms with Crippen molar-refractivity contribution in [3.05, 3.63) is 35.4 Å². The first kappa shape index (κ1) is 16.2. The van der Waals surface area contributed by atoms with Gasteiger partial charge in [0.25, 0.3) is 5.91 Å². The van der Waals surface area contributed by atoms with E-state index < -0.39 is 0 Å². The fourth-order valence-electron chi connectivity index (χ4n) is 1.67. The Morgan fingerprint density at radius 2 is 2.30 bits per heavy atom. The summed E-state index contributed by atoms with van der Waals surface area (Å²) in [5, 5.41) is 11.5. The number of aliphatic hydroxyl groups excluding tert-OH is 1. The molecule has 108 valence electrons. The minimum absolute atomic E-state index is 0.0462.